The van der Waals surface area contributed by atoms with Crippen LogP contribution in [0.15, 0.2) is 53.6 Å². The van der Waals surface area contributed by atoms with Crippen LogP contribution in [0.25, 0.3) is 0 Å². The van der Waals surface area contributed by atoms with Crippen molar-refractivity contribution in [3.63, 3.8) is 0 Å². The third kappa shape index (κ3) is 9.03. The van der Waals surface area contributed by atoms with E-state index < -0.39 is 78.8 Å². The Bertz CT molecular complexity index is 1580. The Kier molecular flexibility index (Phi) is 11.1. The molecule has 17 nitrogen and oxygen atoms in total. The lowest BCUT2D eigenvalue weighted by atomic mass is 10.0. The van der Waals surface area contributed by atoms with Crippen LogP contribution in [0.5, 0.6) is 0 Å². The lowest BCUT2D eigenvalue weighted by Crippen LogP contribution is -2.58. The number of anilines is 1. The number of nitrogens with two attached hydrogens (primary N) is 1. The van der Waals surface area contributed by atoms with Crippen LogP contribution in [0.3, 0.4) is 0 Å². The third-order valence-electron chi connectivity index (χ3n) is 7.38. The summed E-state index contributed by atoms with van der Waals surface area (Å²) in [7, 11) is 0. The number of carboxylic acids is 2. The highest BCUT2D eigenvalue weighted by atomic mass is 16.5. The van der Waals surface area contributed by atoms with Crippen LogP contribution < -0.4 is 32.0 Å². The summed E-state index contributed by atoms with van der Waals surface area (Å²) in [6, 6.07) is 7.81. The molecule has 248 valence electrons. The van der Waals surface area contributed by atoms with E-state index in [0.717, 1.165) is 11.8 Å². The second-order valence-corrected chi connectivity index (χ2v) is 10.8. The summed E-state index contributed by atoms with van der Waals surface area (Å²) in [5.41, 5.74) is 9.43. The van der Waals surface area contributed by atoms with Crippen LogP contribution in [0, 0.1) is 0 Å². The van der Waals surface area contributed by atoms with Crippen LogP contribution in [0.2, 0.25) is 0 Å². The Morgan fingerprint density at radius 2 is 1.68 bits per heavy atom. The summed E-state index contributed by atoms with van der Waals surface area (Å²) in [5, 5.41) is 29.5. The summed E-state index contributed by atoms with van der Waals surface area (Å²) in [6.07, 6.45) is -0.971. The lowest BCUT2D eigenvalue weighted by molar-refractivity contribution is -0.140. The number of carboxylic acid groups (broad SMARTS) is 2. The number of ether oxygens (including phenoxy) is 1. The number of rotatable bonds is 13. The van der Waals surface area contributed by atoms with Gasteiger partial charge in [-0.05, 0) is 29.5 Å². The monoisotopic (exact) mass is 651 g/mol. The van der Waals surface area contributed by atoms with Crippen LogP contribution in [-0.2, 0) is 48.2 Å². The summed E-state index contributed by atoms with van der Waals surface area (Å²) in [4.78, 5) is 88.4. The van der Waals surface area contributed by atoms with Gasteiger partial charge >= 0.3 is 24.1 Å². The predicted molar refractivity (Wildman–Crippen MR) is 163 cm³/mol. The minimum atomic E-state index is -1.59. The summed E-state index contributed by atoms with van der Waals surface area (Å²) < 4.78 is 5.12. The van der Waals surface area contributed by atoms with E-state index in [-0.39, 0.29) is 19.4 Å². The largest absolute Gasteiger partial charge is 0.481 e. The Balaban J connectivity index is 1.50. The number of aryl methyl sites for hydroxylation is 1. The van der Waals surface area contributed by atoms with Crippen molar-refractivity contribution in [1.29, 1.82) is 0 Å². The molecule has 8 N–H and O–H groups in total. The second-order valence-electron chi connectivity index (χ2n) is 10.8. The Labute approximate surface area is 267 Å². The zero-order valence-electron chi connectivity index (χ0n) is 24.9. The Hall–Kier alpha value is -6.00. The number of para-hydroxylation sites is 1. The quantitative estimate of drug-likeness (QED) is 0.110. The SMILES string of the molecule is NC(=O)N/N=C/[C@H](CC(=O)O)NC(=O)[C@@H]1Cc2cccc3c2N1C(=O)[C@@H](NC(=O)[C@H](CC(=O)O)NC(=O)OCc1ccccc1)CC3. The normalized spacial score (nSPS) is 17.9. The Morgan fingerprint density at radius 3 is 2.36 bits per heavy atom. The smallest absolute Gasteiger partial charge is 0.408 e. The number of aliphatic carboxylic acids is 2. The molecule has 0 fully saturated rings. The first-order valence-electron chi connectivity index (χ1n) is 14.5. The molecule has 2 aliphatic rings. The van der Waals surface area contributed by atoms with Gasteiger partial charge in [-0.1, -0.05) is 48.5 Å². The first-order valence-corrected chi connectivity index (χ1v) is 14.5. The van der Waals surface area contributed by atoms with E-state index in [0.29, 0.717) is 23.2 Å². The van der Waals surface area contributed by atoms with Gasteiger partial charge in [-0.25, -0.2) is 15.0 Å². The standard InChI is InChI=1S/C30H33N7O10/c31-29(45)36-32-14-19(12-23(38)39)33-27(43)22-11-18-8-4-7-17-9-10-20(28(44)37(22)25(17)18)34-26(42)21(13-24(40)41)35-30(46)47-15-16-5-2-1-3-6-16/h1-8,14,19-22H,9-13,15H2,(H,33,43)(H,34,42)(H,35,46)(H,38,39)(H,40,41)(H3,31,36,45)/b32-14+/t19-,20-,21-,22-/m0/s1. The molecule has 2 aromatic rings. The summed E-state index contributed by atoms with van der Waals surface area (Å²) in [6.45, 7) is -0.130. The van der Waals surface area contributed by atoms with E-state index in [1.165, 1.54) is 4.90 Å². The molecule has 0 spiro atoms. The zero-order chi connectivity index (χ0) is 34.1. The van der Waals surface area contributed by atoms with Crippen molar-refractivity contribution in [3.8, 4) is 0 Å². The minimum absolute atomic E-state index is 0.0777. The van der Waals surface area contributed by atoms with Crippen LogP contribution in [0.4, 0.5) is 15.3 Å². The number of hydrogen-bond acceptors (Lipinski definition) is 9. The molecule has 6 amide bonds. The van der Waals surface area contributed by atoms with E-state index in [4.69, 9.17) is 10.5 Å². The van der Waals surface area contributed by atoms with Gasteiger partial charge in [0.1, 0.15) is 24.7 Å². The number of hydrazone groups is 1. The highest BCUT2D eigenvalue weighted by molar-refractivity contribution is 6.08. The average molecular weight is 652 g/mol. The van der Waals surface area contributed by atoms with Gasteiger partial charge in [0.15, 0.2) is 0 Å². The van der Waals surface area contributed by atoms with Crippen molar-refractivity contribution in [2.24, 2.45) is 10.8 Å². The molecule has 0 aliphatic carbocycles. The fourth-order valence-electron chi connectivity index (χ4n) is 5.34. The molecule has 0 radical (unpaired) electrons. The van der Waals surface area contributed by atoms with Crippen molar-refractivity contribution in [2.45, 2.75) is 62.9 Å². The van der Waals surface area contributed by atoms with Gasteiger partial charge in [-0.15, -0.1) is 0 Å². The van der Waals surface area contributed by atoms with Gasteiger partial charge in [-0.3, -0.25) is 28.9 Å². The summed E-state index contributed by atoms with van der Waals surface area (Å²) >= 11 is 0. The van der Waals surface area contributed by atoms with Crippen LogP contribution in [-0.4, -0.2) is 82.4 Å². The van der Waals surface area contributed by atoms with Gasteiger partial charge in [0, 0.05) is 12.6 Å². The molecule has 0 bridgehead atoms. The van der Waals surface area contributed by atoms with Crippen molar-refractivity contribution in [1.82, 2.24) is 21.4 Å². The lowest BCUT2D eigenvalue weighted by Gasteiger charge is -2.29. The van der Waals surface area contributed by atoms with Crippen molar-refractivity contribution in [3.05, 3.63) is 65.2 Å². The van der Waals surface area contributed by atoms with E-state index in [1.54, 1.807) is 48.5 Å². The number of urea groups is 1. The highest BCUT2D eigenvalue weighted by Crippen LogP contribution is 2.39. The summed E-state index contributed by atoms with van der Waals surface area (Å²) in [5.74, 6) is -5.01. The number of carbonyl (C=O) groups excluding carboxylic acids is 5. The predicted octanol–water partition coefficient (Wildman–Crippen LogP) is -0.241. The Morgan fingerprint density at radius 1 is 0.979 bits per heavy atom. The van der Waals surface area contributed by atoms with E-state index >= 15 is 0 Å². The molecule has 0 aromatic heterocycles. The van der Waals surface area contributed by atoms with E-state index in [9.17, 15) is 43.8 Å². The fraction of sp³-hybridized carbons (Fsp3) is 0.333. The molecule has 17 heteroatoms. The number of alkyl carbamates (subject to hydrolysis) is 1. The molecule has 4 atom stereocenters. The van der Waals surface area contributed by atoms with Gasteiger partial charge in [0.05, 0.1) is 24.6 Å². The molecule has 4 rings (SSSR count). The first kappa shape index (κ1) is 33.9. The first-order chi connectivity index (χ1) is 22.4. The van der Waals surface area contributed by atoms with Gasteiger partial charge < -0.3 is 36.6 Å². The van der Waals surface area contributed by atoms with Crippen molar-refractivity contribution in [2.75, 3.05) is 4.90 Å². The van der Waals surface area contributed by atoms with Crippen molar-refractivity contribution >= 4 is 53.7 Å². The number of nitrogens with one attached hydrogen (secondary N) is 4. The molecule has 2 aromatic carbocycles. The third-order valence-corrected chi connectivity index (χ3v) is 7.38. The maximum atomic E-state index is 14.0. The van der Waals surface area contributed by atoms with Gasteiger partial charge in [-0.2, -0.15) is 5.10 Å². The maximum absolute atomic E-state index is 14.0. The number of hydrogen-bond donors (Lipinski definition) is 7. The minimum Gasteiger partial charge on any atom is -0.481 e. The molecule has 47 heavy (non-hydrogen) atoms. The molecule has 0 saturated carbocycles. The van der Waals surface area contributed by atoms with Crippen LogP contribution in [0.1, 0.15) is 36.0 Å². The molecule has 0 saturated heterocycles. The number of primary amides is 1. The zero-order valence-corrected chi connectivity index (χ0v) is 24.9. The van der Waals surface area contributed by atoms with E-state index in [1.807, 2.05) is 5.43 Å². The number of benzene rings is 2. The number of amides is 6. The highest BCUT2D eigenvalue weighted by Gasteiger charge is 2.44. The van der Waals surface area contributed by atoms with E-state index in [2.05, 4.69) is 21.1 Å². The topological polar surface area (TPSA) is 259 Å². The average Bonchev–Trinajstić information content (AvgIpc) is 3.35. The number of carbonyl (C=O) groups is 7. The maximum Gasteiger partial charge on any atom is 0.408 e. The molecule has 2 aliphatic heterocycles. The molecule has 0 unspecified atom stereocenters. The van der Waals surface area contributed by atoms with Gasteiger partial charge in [0.2, 0.25) is 17.7 Å². The van der Waals surface area contributed by atoms with Crippen LogP contribution >= 0.6 is 0 Å². The molecule has 2 heterocycles. The molecular formula is C30H33N7O10. The van der Waals surface area contributed by atoms with Gasteiger partial charge in [0.25, 0.3) is 0 Å². The number of nitrogens with zero attached hydrogens (tertiary/aromatic N) is 2. The fourth-order valence-corrected chi connectivity index (χ4v) is 5.34. The van der Waals surface area contributed by atoms with Crippen molar-refractivity contribution < 1.29 is 48.5 Å². The second kappa shape index (κ2) is 15.3. The molecular weight excluding hydrogens is 618 g/mol.